The van der Waals surface area contributed by atoms with Crippen LogP contribution in [0.4, 0.5) is 0 Å². The molecule has 3 rings (SSSR count). The van der Waals surface area contributed by atoms with E-state index in [1.54, 1.807) is 0 Å². The highest BCUT2D eigenvalue weighted by Gasteiger charge is 2.44. The lowest BCUT2D eigenvalue weighted by atomic mass is 9.85. The van der Waals surface area contributed by atoms with E-state index in [1.807, 2.05) is 0 Å². The second-order valence-corrected chi connectivity index (χ2v) is 6.67. The lowest BCUT2D eigenvalue weighted by Crippen LogP contribution is -2.52. The van der Waals surface area contributed by atoms with Crippen molar-refractivity contribution in [2.45, 2.75) is 64.0 Å². The van der Waals surface area contributed by atoms with Crippen molar-refractivity contribution in [1.29, 1.82) is 0 Å². The molecular formula is C15H28N2. The van der Waals surface area contributed by atoms with Gasteiger partial charge < -0.3 is 5.73 Å². The summed E-state index contributed by atoms with van der Waals surface area (Å²) in [6.07, 6.45) is 10.1. The first-order valence-corrected chi connectivity index (χ1v) is 7.77. The third kappa shape index (κ3) is 2.15. The Bertz CT molecular complexity index is 266. The number of hydrogen-bond acceptors (Lipinski definition) is 2. The Morgan fingerprint density at radius 1 is 1.12 bits per heavy atom. The second-order valence-electron chi connectivity index (χ2n) is 6.67. The molecule has 2 nitrogen and oxygen atoms in total. The van der Waals surface area contributed by atoms with Gasteiger partial charge in [0, 0.05) is 18.6 Å². The molecule has 98 valence electrons. The van der Waals surface area contributed by atoms with Gasteiger partial charge in [-0.25, -0.2) is 0 Å². The SMILES string of the molecule is CCC1CCN(C2CC3CCC2C3)C(CN)C1. The van der Waals surface area contributed by atoms with E-state index in [0.29, 0.717) is 6.04 Å². The number of likely N-dealkylation sites (tertiary alicyclic amines) is 1. The first-order chi connectivity index (χ1) is 8.31. The quantitative estimate of drug-likeness (QED) is 0.816. The summed E-state index contributed by atoms with van der Waals surface area (Å²) in [6.45, 7) is 4.55. The fourth-order valence-corrected chi connectivity index (χ4v) is 4.81. The summed E-state index contributed by atoms with van der Waals surface area (Å²) in [5.41, 5.74) is 6.03. The van der Waals surface area contributed by atoms with Gasteiger partial charge >= 0.3 is 0 Å². The van der Waals surface area contributed by atoms with Crippen LogP contribution in [0.25, 0.3) is 0 Å². The Morgan fingerprint density at radius 2 is 2.00 bits per heavy atom. The second kappa shape index (κ2) is 4.89. The van der Waals surface area contributed by atoms with Gasteiger partial charge in [-0.2, -0.15) is 0 Å². The van der Waals surface area contributed by atoms with Crippen molar-refractivity contribution in [2.75, 3.05) is 13.1 Å². The van der Waals surface area contributed by atoms with Crippen LogP contribution in [0.3, 0.4) is 0 Å². The first kappa shape index (κ1) is 12.0. The van der Waals surface area contributed by atoms with Crippen LogP contribution in [0.5, 0.6) is 0 Å². The van der Waals surface area contributed by atoms with E-state index < -0.39 is 0 Å². The predicted molar refractivity (Wildman–Crippen MR) is 71.8 cm³/mol. The number of nitrogens with two attached hydrogens (primary N) is 1. The van der Waals surface area contributed by atoms with Gasteiger partial charge in [-0.3, -0.25) is 4.90 Å². The molecular weight excluding hydrogens is 208 g/mol. The van der Waals surface area contributed by atoms with Crippen LogP contribution < -0.4 is 5.73 Å². The molecule has 2 saturated carbocycles. The van der Waals surface area contributed by atoms with Crippen LogP contribution in [0.1, 0.15) is 51.9 Å². The molecule has 0 aromatic heterocycles. The van der Waals surface area contributed by atoms with Crippen LogP contribution in [-0.2, 0) is 0 Å². The highest BCUT2D eigenvalue weighted by atomic mass is 15.2. The summed E-state index contributed by atoms with van der Waals surface area (Å²) in [5.74, 6) is 3.03. The molecule has 0 amide bonds. The van der Waals surface area contributed by atoms with Crippen LogP contribution in [-0.4, -0.2) is 30.1 Å². The number of rotatable bonds is 3. The lowest BCUT2D eigenvalue weighted by Gasteiger charge is -2.45. The van der Waals surface area contributed by atoms with E-state index in [2.05, 4.69) is 11.8 Å². The maximum Gasteiger partial charge on any atom is 0.0224 e. The van der Waals surface area contributed by atoms with Gasteiger partial charge in [-0.05, 0) is 56.4 Å². The molecule has 1 aliphatic heterocycles. The molecule has 2 N–H and O–H groups in total. The van der Waals surface area contributed by atoms with E-state index in [9.17, 15) is 0 Å². The molecule has 0 aromatic carbocycles. The highest BCUT2D eigenvalue weighted by molar-refractivity contribution is 4.98. The van der Waals surface area contributed by atoms with Crippen LogP contribution >= 0.6 is 0 Å². The summed E-state index contributed by atoms with van der Waals surface area (Å²) >= 11 is 0. The van der Waals surface area contributed by atoms with E-state index in [1.165, 1.54) is 51.5 Å². The summed E-state index contributed by atoms with van der Waals surface area (Å²) in [7, 11) is 0. The fourth-order valence-electron chi connectivity index (χ4n) is 4.81. The smallest absolute Gasteiger partial charge is 0.0224 e. The molecule has 0 aromatic rings. The largest absolute Gasteiger partial charge is 0.329 e. The van der Waals surface area contributed by atoms with Gasteiger partial charge in [0.15, 0.2) is 0 Å². The molecule has 5 atom stereocenters. The number of hydrogen-bond donors (Lipinski definition) is 1. The third-order valence-corrected chi connectivity index (χ3v) is 5.85. The Labute approximate surface area is 106 Å². The zero-order chi connectivity index (χ0) is 11.8. The predicted octanol–water partition coefficient (Wildman–Crippen LogP) is 2.62. The highest BCUT2D eigenvalue weighted by Crippen LogP contribution is 2.48. The summed E-state index contributed by atoms with van der Waals surface area (Å²) in [4.78, 5) is 2.82. The third-order valence-electron chi connectivity index (χ3n) is 5.85. The van der Waals surface area contributed by atoms with Crippen LogP contribution in [0.2, 0.25) is 0 Å². The molecule has 3 aliphatic rings. The number of nitrogens with zero attached hydrogens (tertiary/aromatic N) is 1. The van der Waals surface area contributed by atoms with E-state index in [0.717, 1.165) is 30.3 Å². The minimum absolute atomic E-state index is 0.693. The Hall–Kier alpha value is -0.0800. The molecule has 2 bridgehead atoms. The van der Waals surface area contributed by atoms with Crippen LogP contribution in [0, 0.1) is 17.8 Å². The topological polar surface area (TPSA) is 29.3 Å². The summed E-state index contributed by atoms with van der Waals surface area (Å²) in [6, 6.07) is 1.60. The zero-order valence-electron chi connectivity index (χ0n) is 11.3. The molecule has 1 heterocycles. The van der Waals surface area contributed by atoms with Crippen molar-refractivity contribution < 1.29 is 0 Å². The van der Waals surface area contributed by atoms with Crippen molar-refractivity contribution in [3.8, 4) is 0 Å². The summed E-state index contributed by atoms with van der Waals surface area (Å²) < 4.78 is 0. The Balaban J connectivity index is 1.66. The zero-order valence-corrected chi connectivity index (χ0v) is 11.3. The van der Waals surface area contributed by atoms with Crippen molar-refractivity contribution in [1.82, 2.24) is 4.90 Å². The molecule has 2 aliphatic carbocycles. The molecule has 5 unspecified atom stereocenters. The molecule has 0 radical (unpaired) electrons. The van der Waals surface area contributed by atoms with Gasteiger partial charge in [-0.15, -0.1) is 0 Å². The fraction of sp³-hybridized carbons (Fsp3) is 1.00. The monoisotopic (exact) mass is 236 g/mol. The molecule has 17 heavy (non-hydrogen) atoms. The maximum absolute atomic E-state index is 6.03. The Morgan fingerprint density at radius 3 is 2.59 bits per heavy atom. The number of fused-ring (bicyclic) bond motifs is 2. The minimum Gasteiger partial charge on any atom is -0.329 e. The standard InChI is InChI=1S/C15H28N2/c1-2-11-5-6-17(14(8-11)10-16)15-9-12-3-4-13(15)7-12/h11-15H,2-10,16H2,1H3. The van der Waals surface area contributed by atoms with Crippen molar-refractivity contribution in [3.05, 3.63) is 0 Å². The maximum atomic E-state index is 6.03. The molecule has 2 heteroatoms. The molecule has 1 saturated heterocycles. The van der Waals surface area contributed by atoms with Crippen molar-refractivity contribution in [2.24, 2.45) is 23.5 Å². The Kier molecular flexibility index (Phi) is 3.45. The first-order valence-electron chi connectivity index (χ1n) is 7.77. The van der Waals surface area contributed by atoms with Gasteiger partial charge in [0.2, 0.25) is 0 Å². The molecule has 3 fully saturated rings. The van der Waals surface area contributed by atoms with Gasteiger partial charge in [0.05, 0.1) is 0 Å². The van der Waals surface area contributed by atoms with Crippen molar-refractivity contribution in [3.63, 3.8) is 0 Å². The molecule has 0 spiro atoms. The van der Waals surface area contributed by atoms with Gasteiger partial charge in [0.25, 0.3) is 0 Å². The minimum atomic E-state index is 0.693. The normalized spacial score (nSPS) is 46.6. The average Bonchev–Trinajstić information content (AvgIpc) is 3.00. The number of piperidine rings is 1. The van der Waals surface area contributed by atoms with E-state index in [-0.39, 0.29) is 0 Å². The van der Waals surface area contributed by atoms with Gasteiger partial charge in [0.1, 0.15) is 0 Å². The van der Waals surface area contributed by atoms with Crippen LogP contribution in [0.15, 0.2) is 0 Å². The lowest BCUT2D eigenvalue weighted by molar-refractivity contribution is 0.0447. The van der Waals surface area contributed by atoms with Gasteiger partial charge in [-0.1, -0.05) is 19.8 Å². The average molecular weight is 236 g/mol. The summed E-state index contributed by atoms with van der Waals surface area (Å²) in [5, 5.41) is 0. The van der Waals surface area contributed by atoms with E-state index >= 15 is 0 Å². The van der Waals surface area contributed by atoms with E-state index in [4.69, 9.17) is 5.73 Å². The van der Waals surface area contributed by atoms with Crippen molar-refractivity contribution >= 4 is 0 Å².